The lowest BCUT2D eigenvalue weighted by Crippen LogP contribution is -2.22. The predicted octanol–water partition coefficient (Wildman–Crippen LogP) is 5.89. The van der Waals surface area contributed by atoms with E-state index in [0.717, 1.165) is 12.1 Å². The molecular formula is C23H23F3NO2P. The Morgan fingerprint density at radius 1 is 0.833 bits per heavy atom. The fourth-order valence-corrected chi connectivity index (χ4v) is 5.19. The molecule has 0 unspecified atom stereocenters. The van der Waals surface area contributed by atoms with Gasteiger partial charge in [-0.05, 0) is 47.4 Å². The molecule has 30 heavy (non-hydrogen) atoms. The maximum atomic E-state index is 14.1. The molecule has 0 amide bonds. The summed E-state index contributed by atoms with van der Waals surface area (Å²) < 4.78 is 60.8. The van der Waals surface area contributed by atoms with Crippen molar-refractivity contribution in [1.82, 2.24) is 0 Å². The van der Waals surface area contributed by atoms with Crippen molar-refractivity contribution in [3.05, 3.63) is 83.9 Å². The standard InChI is InChI=1S/C23H23F3NO2P/c1-22(2,3)19-14-16(23(24,25)26)15-20(21(19)27)29-30(28,17-10-6-4-7-11-17)18-12-8-5-9-13-18/h4-15H,27H2,1-3H3. The zero-order chi connectivity index (χ0) is 22.2. The molecule has 3 aromatic rings. The second-order valence-corrected chi connectivity index (χ2v) is 10.3. The van der Waals surface area contributed by atoms with E-state index in [4.69, 9.17) is 10.3 Å². The van der Waals surface area contributed by atoms with Gasteiger partial charge < -0.3 is 10.3 Å². The molecule has 0 atom stereocenters. The van der Waals surface area contributed by atoms with Gasteiger partial charge >= 0.3 is 13.5 Å². The first-order chi connectivity index (χ1) is 13.9. The third-order valence-electron chi connectivity index (χ3n) is 4.70. The molecule has 0 radical (unpaired) electrons. The van der Waals surface area contributed by atoms with Gasteiger partial charge in [0, 0.05) is 0 Å². The Kier molecular flexibility index (Phi) is 5.74. The van der Waals surface area contributed by atoms with Gasteiger partial charge in [-0.15, -0.1) is 0 Å². The Balaban J connectivity index is 2.24. The Labute approximate surface area is 174 Å². The minimum atomic E-state index is -4.60. The molecule has 0 fully saturated rings. The topological polar surface area (TPSA) is 52.3 Å². The first-order valence-corrected chi connectivity index (χ1v) is 11.0. The Morgan fingerprint density at radius 3 is 1.70 bits per heavy atom. The molecule has 0 bridgehead atoms. The Hall–Kier alpha value is -2.72. The van der Waals surface area contributed by atoms with Gasteiger partial charge in [0.2, 0.25) is 0 Å². The summed E-state index contributed by atoms with van der Waals surface area (Å²) in [5.41, 5.74) is 4.98. The largest absolute Gasteiger partial charge is 0.435 e. The SMILES string of the molecule is CC(C)(C)c1cc(C(F)(F)F)cc(OP(=O)(c2ccccc2)c2ccccc2)c1N. The number of hydrogen-bond acceptors (Lipinski definition) is 3. The van der Waals surface area contributed by atoms with Gasteiger partial charge in [-0.3, -0.25) is 4.57 Å². The molecule has 0 heterocycles. The molecule has 0 spiro atoms. The highest BCUT2D eigenvalue weighted by Gasteiger charge is 2.36. The van der Waals surface area contributed by atoms with Crippen LogP contribution >= 0.6 is 7.37 Å². The number of halogens is 3. The molecule has 0 aliphatic carbocycles. The van der Waals surface area contributed by atoms with Crippen molar-refractivity contribution >= 4 is 23.7 Å². The van der Waals surface area contributed by atoms with Crippen LogP contribution in [-0.4, -0.2) is 0 Å². The molecule has 3 nitrogen and oxygen atoms in total. The van der Waals surface area contributed by atoms with Crippen molar-refractivity contribution in [2.45, 2.75) is 32.4 Å². The molecular weight excluding hydrogens is 410 g/mol. The van der Waals surface area contributed by atoms with Crippen LogP contribution in [0.4, 0.5) is 18.9 Å². The molecule has 0 saturated heterocycles. The van der Waals surface area contributed by atoms with Crippen LogP contribution in [0.25, 0.3) is 0 Å². The first kappa shape index (κ1) is 22.0. The van der Waals surface area contributed by atoms with E-state index >= 15 is 0 Å². The highest BCUT2D eigenvalue weighted by molar-refractivity contribution is 7.74. The number of nitrogens with two attached hydrogens (primary N) is 1. The quantitative estimate of drug-likeness (QED) is 0.412. The molecule has 7 heteroatoms. The fraction of sp³-hybridized carbons (Fsp3) is 0.217. The van der Waals surface area contributed by atoms with Crippen LogP contribution in [0.1, 0.15) is 31.9 Å². The summed E-state index contributed by atoms with van der Waals surface area (Å²) in [5, 5.41) is 0.732. The molecule has 0 saturated carbocycles. The number of benzene rings is 3. The van der Waals surface area contributed by atoms with Crippen LogP contribution in [-0.2, 0) is 16.2 Å². The molecule has 0 aliphatic rings. The van der Waals surface area contributed by atoms with E-state index in [0.29, 0.717) is 10.6 Å². The minimum absolute atomic E-state index is 0.0441. The second-order valence-electron chi connectivity index (χ2n) is 8.00. The molecule has 158 valence electrons. The Morgan fingerprint density at radius 2 is 1.30 bits per heavy atom. The lowest BCUT2D eigenvalue weighted by Gasteiger charge is -2.27. The predicted molar refractivity (Wildman–Crippen MR) is 115 cm³/mol. The number of nitrogen functional groups attached to an aromatic ring is 1. The van der Waals surface area contributed by atoms with Crippen molar-refractivity contribution in [3.8, 4) is 5.75 Å². The zero-order valence-corrected chi connectivity index (χ0v) is 17.8. The van der Waals surface area contributed by atoms with Crippen LogP contribution in [0.2, 0.25) is 0 Å². The molecule has 2 N–H and O–H groups in total. The van der Waals surface area contributed by atoms with Crippen molar-refractivity contribution < 1.29 is 22.3 Å². The fourth-order valence-electron chi connectivity index (χ4n) is 3.13. The van der Waals surface area contributed by atoms with E-state index in [9.17, 15) is 17.7 Å². The third kappa shape index (κ3) is 4.39. The summed E-state index contributed by atoms with van der Waals surface area (Å²) in [6, 6.07) is 18.7. The van der Waals surface area contributed by atoms with E-state index < -0.39 is 24.5 Å². The number of anilines is 1. The lowest BCUT2D eigenvalue weighted by molar-refractivity contribution is -0.137. The molecule has 3 rings (SSSR count). The van der Waals surface area contributed by atoms with Crippen LogP contribution in [0.5, 0.6) is 5.75 Å². The highest BCUT2D eigenvalue weighted by atomic mass is 31.2. The van der Waals surface area contributed by atoms with Crippen LogP contribution in [0, 0.1) is 0 Å². The monoisotopic (exact) mass is 433 g/mol. The highest BCUT2D eigenvalue weighted by Crippen LogP contribution is 2.49. The maximum Gasteiger partial charge on any atom is 0.416 e. The van der Waals surface area contributed by atoms with Gasteiger partial charge in [0.05, 0.1) is 21.9 Å². The zero-order valence-electron chi connectivity index (χ0n) is 16.9. The summed E-state index contributed by atoms with van der Waals surface area (Å²) in [7, 11) is -3.76. The number of rotatable bonds is 4. The van der Waals surface area contributed by atoms with E-state index in [1.165, 1.54) is 0 Å². The van der Waals surface area contributed by atoms with Gasteiger partial charge in [-0.1, -0.05) is 57.2 Å². The second kappa shape index (κ2) is 7.84. The van der Waals surface area contributed by atoms with Crippen LogP contribution < -0.4 is 20.9 Å². The normalized spacial score (nSPS) is 12.6. The van der Waals surface area contributed by atoms with E-state index in [1.54, 1.807) is 81.4 Å². The van der Waals surface area contributed by atoms with E-state index in [2.05, 4.69) is 0 Å². The first-order valence-electron chi connectivity index (χ1n) is 9.35. The smallest absolute Gasteiger partial charge is 0.416 e. The van der Waals surface area contributed by atoms with Gasteiger partial charge in [0.25, 0.3) is 0 Å². The van der Waals surface area contributed by atoms with E-state index in [1.807, 2.05) is 0 Å². The van der Waals surface area contributed by atoms with Gasteiger partial charge in [0.1, 0.15) is 0 Å². The van der Waals surface area contributed by atoms with Crippen molar-refractivity contribution in [3.63, 3.8) is 0 Å². The van der Waals surface area contributed by atoms with E-state index in [-0.39, 0.29) is 17.0 Å². The molecule has 0 aromatic heterocycles. The summed E-state index contributed by atoms with van der Waals surface area (Å²) in [6.45, 7) is 5.28. The van der Waals surface area contributed by atoms with Gasteiger partial charge in [-0.2, -0.15) is 13.2 Å². The third-order valence-corrected chi connectivity index (χ3v) is 7.11. The number of alkyl halides is 3. The summed E-state index contributed by atoms with van der Waals surface area (Å²) in [6.07, 6.45) is -4.60. The lowest BCUT2D eigenvalue weighted by atomic mass is 9.84. The average molecular weight is 433 g/mol. The average Bonchev–Trinajstić information content (AvgIpc) is 2.69. The summed E-state index contributed by atoms with van der Waals surface area (Å²) in [4.78, 5) is 0. The summed E-state index contributed by atoms with van der Waals surface area (Å²) in [5.74, 6) is -0.245. The number of hydrogen-bond donors (Lipinski definition) is 1. The summed E-state index contributed by atoms with van der Waals surface area (Å²) >= 11 is 0. The van der Waals surface area contributed by atoms with Crippen LogP contribution in [0.15, 0.2) is 72.8 Å². The molecule has 3 aromatic carbocycles. The van der Waals surface area contributed by atoms with Crippen molar-refractivity contribution in [1.29, 1.82) is 0 Å². The van der Waals surface area contributed by atoms with Crippen LogP contribution in [0.3, 0.4) is 0 Å². The minimum Gasteiger partial charge on any atom is -0.435 e. The van der Waals surface area contributed by atoms with Crippen molar-refractivity contribution in [2.75, 3.05) is 5.73 Å². The van der Waals surface area contributed by atoms with Gasteiger partial charge in [0.15, 0.2) is 5.75 Å². The molecule has 0 aliphatic heterocycles. The Bertz CT molecular complexity index is 1030. The maximum absolute atomic E-state index is 14.1. The van der Waals surface area contributed by atoms with Crippen molar-refractivity contribution in [2.24, 2.45) is 0 Å². The van der Waals surface area contributed by atoms with Gasteiger partial charge in [-0.25, -0.2) is 0 Å².